The van der Waals surface area contributed by atoms with E-state index in [1.54, 1.807) is 45.0 Å². The highest BCUT2D eigenvalue weighted by Crippen LogP contribution is 2.45. The molecule has 1 unspecified atom stereocenters. The van der Waals surface area contributed by atoms with E-state index in [0.29, 0.717) is 10.6 Å². The Morgan fingerprint density at radius 3 is 2.28 bits per heavy atom. The molecule has 4 atom stereocenters. The monoisotopic (exact) mass is 559 g/mol. The highest BCUT2D eigenvalue weighted by molar-refractivity contribution is 7.92. The molecular weight excluding hydrogens is 532 g/mol. The molecule has 0 saturated carbocycles. The summed E-state index contributed by atoms with van der Waals surface area (Å²) >= 11 is 12.2. The van der Waals surface area contributed by atoms with Crippen molar-refractivity contribution >= 4 is 44.9 Å². The Hall–Kier alpha value is -2.20. The largest absolute Gasteiger partial charge is 0.481 e. The van der Waals surface area contributed by atoms with Crippen LogP contribution in [-0.2, 0) is 24.2 Å². The maximum absolute atomic E-state index is 14.4. The SMILES string of the molecule is CCC(CS(=O)(=O)C(C)C)N1C(=O)[C@H](CC(=O)O)O[C@H](c2cc(F)cc(Cl)c2)[C@H]1c1ccc(Cl)cc1. The van der Waals surface area contributed by atoms with Gasteiger partial charge in [-0.2, -0.15) is 0 Å². The van der Waals surface area contributed by atoms with Crippen molar-refractivity contribution in [2.24, 2.45) is 0 Å². The van der Waals surface area contributed by atoms with E-state index in [-0.39, 0.29) is 22.8 Å². The topological polar surface area (TPSA) is 101 Å². The zero-order valence-corrected chi connectivity index (χ0v) is 22.4. The van der Waals surface area contributed by atoms with Crippen molar-refractivity contribution in [2.75, 3.05) is 5.75 Å². The Kier molecular flexibility index (Phi) is 9.03. The van der Waals surface area contributed by atoms with Crippen LogP contribution < -0.4 is 0 Å². The quantitative estimate of drug-likeness (QED) is 0.452. The second-order valence-corrected chi connectivity index (χ2v) is 12.5. The summed E-state index contributed by atoms with van der Waals surface area (Å²) < 4.78 is 46.2. The van der Waals surface area contributed by atoms with Gasteiger partial charge in [0, 0.05) is 16.1 Å². The van der Waals surface area contributed by atoms with E-state index in [1.807, 2.05) is 0 Å². The molecule has 0 spiro atoms. The Bertz CT molecular complexity index is 1200. The molecule has 2 aromatic carbocycles. The molecule has 0 aromatic heterocycles. The predicted molar refractivity (Wildman–Crippen MR) is 135 cm³/mol. The number of sulfone groups is 1. The first-order chi connectivity index (χ1) is 16.8. The molecule has 36 heavy (non-hydrogen) atoms. The van der Waals surface area contributed by atoms with Crippen LogP contribution in [0, 0.1) is 5.82 Å². The second kappa shape index (κ2) is 11.5. The number of hydrogen-bond acceptors (Lipinski definition) is 5. The highest BCUT2D eigenvalue weighted by atomic mass is 35.5. The minimum atomic E-state index is -3.58. The molecule has 0 radical (unpaired) electrons. The molecule has 1 aliphatic rings. The van der Waals surface area contributed by atoms with Gasteiger partial charge in [-0.1, -0.05) is 42.3 Å². The van der Waals surface area contributed by atoms with Crippen LogP contribution in [0.25, 0.3) is 0 Å². The van der Waals surface area contributed by atoms with E-state index >= 15 is 0 Å². The number of hydrogen-bond donors (Lipinski definition) is 1. The van der Waals surface area contributed by atoms with Crippen LogP contribution in [0.5, 0.6) is 0 Å². The molecule has 0 aliphatic carbocycles. The fourth-order valence-electron chi connectivity index (χ4n) is 4.31. The van der Waals surface area contributed by atoms with Crippen LogP contribution in [0.4, 0.5) is 4.39 Å². The van der Waals surface area contributed by atoms with Crippen LogP contribution in [-0.4, -0.2) is 53.4 Å². The molecule has 1 fully saturated rings. The summed E-state index contributed by atoms with van der Waals surface area (Å²) in [6.07, 6.45) is -2.81. The molecule has 1 amide bonds. The fourth-order valence-corrected chi connectivity index (χ4v) is 5.98. The summed E-state index contributed by atoms with van der Waals surface area (Å²) in [6.45, 7) is 4.87. The molecule has 11 heteroatoms. The first kappa shape index (κ1) is 28.4. The minimum Gasteiger partial charge on any atom is -0.481 e. The Balaban J connectivity index is 2.23. The summed E-state index contributed by atoms with van der Waals surface area (Å²) in [5, 5.41) is 9.30. The summed E-state index contributed by atoms with van der Waals surface area (Å²) in [5.74, 6) is -2.88. The van der Waals surface area contributed by atoms with Crippen LogP contribution >= 0.6 is 23.2 Å². The smallest absolute Gasteiger partial charge is 0.306 e. The van der Waals surface area contributed by atoms with Gasteiger partial charge in [0.2, 0.25) is 0 Å². The van der Waals surface area contributed by atoms with E-state index in [1.165, 1.54) is 17.0 Å². The maximum atomic E-state index is 14.4. The first-order valence-corrected chi connectivity index (χ1v) is 13.9. The third kappa shape index (κ3) is 6.37. The van der Waals surface area contributed by atoms with Crippen molar-refractivity contribution in [3.05, 3.63) is 69.5 Å². The van der Waals surface area contributed by atoms with Crippen molar-refractivity contribution in [2.45, 2.75) is 63.2 Å². The summed E-state index contributed by atoms with van der Waals surface area (Å²) in [7, 11) is -3.58. The van der Waals surface area contributed by atoms with Gasteiger partial charge < -0.3 is 14.7 Å². The standard InChI is InChI=1S/C25H28Cl2FNO6S/c1-4-20(13-36(33,34)14(2)3)29-23(15-5-7-17(26)8-6-15)24(16-9-18(27)11-19(28)10-16)35-21(25(29)32)12-22(30)31/h5-11,14,20-21,23-24H,4,12-13H2,1-3H3,(H,30,31)/t20?,21-,23+,24+/m0/s1. The van der Waals surface area contributed by atoms with E-state index in [9.17, 15) is 27.5 Å². The van der Waals surface area contributed by atoms with Crippen molar-refractivity contribution in [1.82, 2.24) is 4.90 Å². The number of carboxylic acids is 1. The molecule has 1 aliphatic heterocycles. The lowest BCUT2D eigenvalue weighted by molar-refractivity contribution is -0.182. The third-order valence-electron chi connectivity index (χ3n) is 6.22. The third-order valence-corrected chi connectivity index (χ3v) is 8.98. The van der Waals surface area contributed by atoms with Gasteiger partial charge in [-0.15, -0.1) is 0 Å². The van der Waals surface area contributed by atoms with Gasteiger partial charge in [0.1, 0.15) is 18.0 Å². The predicted octanol–water partition coefficient (Wildman–Crippen LogP) is 5.22. The molecule has 1 saturated heterocycles. The Labute approximate surface area is 220 Å². The lowest BCUT2D eigenvalue weighted by Crippen LogP contribution is -2.56. The maximum Gasteiger partial charge on any atom is 0.306 e. The average Bonchev–Trinajstić information content (AvgIpc) is 2.78. The van der Waals surface area contributed by atoms with Crippen molar-refractivity contribution < 1.29 is 32.2 Å². The lowest BCUT2D eigenvalue weighted by Gasteiger charge is -2.48. The summed E-state index contributed by atoms with van der Waals surface area (Å²) in [4.78, 5) is 26.7. The second-order valence-electron chi connectivity index (χ2n) is 9.03. The number of rotatable bonds is 9. The van der Waals surface area contributed by atoms with Gasteiger partial charge in [0.05, 0.1) is 23.5 Å². The Morgan fingerprint density at radius 2 is 1.75 bits per heavy atom. The number of aliphatic carboxylic acids is 1. The van der Waals surface area contributed by atoms with Crippen LogP contribution in [0.2, 0.25) is 10.0 Å². The van der Waals surface area contributed by atoms with Crippen LogP contribution in [0.1, 0.15) is 56.9 Å². The number of amides is 1. The molecule has 0 bridgehead atoms. The van der Waals surface area contributed by atoms with E-state index in [2.05, 4.69) is 0 Å². The number of carbonyl (C=O) groups is 2. The van der Waals surface area contributed by atoms with E-state index in [0.717, 1.165) is 6.07 Å². The number of carboxylic acid groups (broad SMARTS) is 1. The summed E-state index contributed by atoms with van der Waals surface area (Å²) in [5.41, 5.74) is 0.849. The van der Waals surface area contributed by atoms with Gasteiger partial charge in [-0.25, -0.2) is 12.8 Å². The van der Waals surface area contributed by atoms with Crippen molar-refractivity contribution in [1.29, 1.82) is 0 Å². The molecule has 3 rings (SSSR count). The zero-order chi connectivity index (χ0) is 26.8. The van der Waals surface area contributed by atoms with Gasteiger partial charge in [0.25, 0.3) is 5.91 Å². The van der Waals surface area contributed by atoms with Crippen LogP contribution in [0.3, 0.4) is 0 Å². The molecule has 1 N–H and O–H groups in total. The van der Waals surface area contributed by atoms with Gasteiger partial charge >= 0.3 is 5.97 Å². The highest BCUT2D eigenvalue weighted by Gasteiger charge is 2.48. The molecule has 196 valence electrons. The first-order valence-electron chi connectivity index (χ1n) is 11.5. The zero-order valence-electron chi connectivity index (χ0n) is 20.0. The molecule has 1 heterocycles. The number of benzene rings is 2. The minimum absolute atomic E-state index is 0.0936. The van der Waals surface area contributed by atoms with Crippen LogP contribution in [0.15, 0.2) is 42.5 Å². The van der Waals surface area contributed by atoms with Gasteiger partial charge in [-0.05, 0) is 61.7 Å². The average molecular weight is 560 g/mol. The number of halogens is 3. The number of ether oxygens (including phenoxy) is 1. The van der Waals surface area contributed by atoms with Crippen molar-refractivity contribution in [3.63, 3.8) is 0 Å². The number of carbonyl (C=O) groups excluding carboxylic acids is 1. The van der Waals surface area contributed by atoms with Crippen molar-refractivity contribution in [3.8, 4) is 0 Å². The lowest BCUT2D eigenvalue weighted by atomic mass is 9.89. The Morgan fingerprint density at radius 1 is 1.11 bits per heavy atom. The van der Waals surface area contributed by atoms with Gasteiger partial charge in [-0.3, -0.25) is 9.59 Å². The molecule has 2 aromatic rings. The number of morpholine rings is 1. The normalized spacial score (nSPS) is 21.6. The van der Waals surface area contributed by atoms with E-state index < -0.39 is 63.5 Å². The van der Waals surface area contributed by atoms with Gasteiger partial charge in [0.15, 0.2) is 9.84 Å². The number of nitrogens with zero attached hydrogens (tertiary/aromatic N) is 1. The summed E-state index contributed by atoms with van der Waals surface area (Å²) in [6, 6.07) is 8.69. The fraction of sp³-hybridized carbons (Fsp3) is 0.440. The molecule has 7 nitrogen and oxygen atoms in total. The van der Waals surface area contributed by atoms with E-state index in [4.69, 9.17) is 27.9 Å². The molecular formula is C25H28Cl2FNO6S.